The highest BCUT2D eigenvalue weighted by Crippen LogP contribution is 2.45. The van der Waals surface area contributed by atoms with E-state index in [1.807, 2.05) is 0 Å². The van der Waals surface area contributed by atoms with Crippen LogP contribution >= 0.6 is 11.6 Å². The van der Waals surface area contributed by atoms with E-state index in [0.29, 0.717) is 29.8 Å². The lowest BCUT2D eigenvalue weighted by molar-refractivity contribution is -0.165. The first kappa shape index (κ1) is 19.3. The van der Waals surface area contributed by atoms with Crippen LogP contribution in [-0.4, -0.2) is 50.6 Å². The summed E-state index contributed by atoms with van der Waals surface area (Å²) in [5.74, 6) is -3.62. The summed E-state index contributed by atoms with van der Waals surface area (Å²) in [5.41, 5.74) is -3.43. The number of ether oxygens (including phenoxy) is 1. The molecule has 0 aromatic heterocycles. The van der Waals surface area contributed by atoms with Crippen LogP contribution in [-0.2, 0) is 24.7 Å². The number of carbonyl (C=O) groups excluding carboxylic acids is 1. The van der Waals surface area contributed by atoms with Gasteiger partial charge in [-0.25, -0.2) is 9.79 Å². The zero-order valence-corrected chi connectivity index (χ0v) is 15.0. The van der Waals surface area contributed by atoms with Crippen molar-refractivity contribution in [2.24, 2.45) is 4.99 Å². The van der Waals surface area contributed by atoms with Gasteiger partial charge in [-0.2, -0.15) is 0 Å². The maximum atomic E-state index is 12.9. The van der Waals surface area contributed by atoms with Crippen molar-refractivity contribution in [3.05, 3.63) is 34.9 Å². The van der Waals surface area contributed by atoms with Crippen molar-refractivity contribution in [3.8, 4) is 0 Å². The Morgan fingerprint density at radius 2 is 2.04 bits per heavy atom. The number of fused-ring (bicyclic) bond motifs is 2. The topological polar surface area (TPSA) is 133 Å². The second-order valence-corrected chi connectivity index (χ2v) is 7.20. The van der Waals surface area contributed by atoms with Crippen molar-refractivity contribution in [1.82, 2.24) is 0 Å². The number of hydrogen-bond acceptors (Lipinski definition) is 6. The summed E-state index contributed by atoms with van der Waals surface area (Å²) in [6.45, 7) is 0. The van der Waals surface area contributed by atoms with Crippen LogP contribution in [0, 0.1) is 0 Å². The van der Waals surface area contributed by atoms with Crippen molar-refractivity contribution >= 4 is 35.2 Å². The van der Waals surface area contributed by atoms with Crippen molar-refractivity contribution in [2.45, 2.75) is 49.3 Å². The van der Waals surface area contributed by atoms with E-state index in [4.69, 9.17) is 21.4 Å². The number of carboxylic acids is 2. The zero-order valence-electron chi connectivity index (χ0n) is 14.2. The van der Waals surface area contributed by atoms with Gasteiger partial charge < -0.3 is 20.1 Å². The maximum Gasteiger partial charge on any atom is 0.336 e. The Hall–Kier alpha value is -2.45. The molecule has 1 fully saturated rings. The van der Waals surface area contributed by atoms with E-state index < -0.39 is 42.0 Å². The number of halogens is 1. The summed E-state index contributed by atoms with van der Waals surface area (Å²) in [6.07, 6.45) is -1.09. The molecule has 8 nitrogen and oxygen atoms in total. The third kappa shape index (κ3) is 3.42. The number of ketones is 1. The fraction of sp³-hybridized carbons (Fsp3) is 0.444. The highest BCUT2D eigenvalue weighted by molar-refractivity contribution is 6.32. The van der Waals surface area contributed by atoms with Gasteiger partial charge in [-0.3, -0.25) is 9.59 Å². The Bertz CT molecular complexity index is 839. The standard InChI is InChI=1S/C18H18ClNO7/c19-11-5-2-1-4-10(11)18-7-3-6-12(15(18)23)27-13(20-18)8-17(26,16(24)25)9-14(21)22/h1-2,4-5,12,26H,3,6-9H2,(H,21,22)(H,24,25). The summed E-state index contributed by atoms with van der Waals surface area (Å²) < 4.78 is 5.52. The molecule has 0 radical (unpaired) electrons. The van der Waals surface area contributed by atoms with Gasteiger partial charge in [0.25, 0.3) is 0 Å². The minimum Gasteiger partial charge on any atom is -0.481 e. The van der Waals surface area contributed by atoms with E-state index in [1.165, 1.54) is 0 Å². The molecule has 0 saturated heterocycles. The Kier molecular flexibility index (Phi) is 4.96. The first-order valence-electron chi connectivity index (χ1n) is 8.40. The predicted molar refractivity (Wildman–Crippen MR) is 93.8 cm³/mol. The number of hydrogen-bond donors (Lipinski definition) is 3. The summed E-state index contributed by atoms with van der Waals surface area (Å²) in [7, 11) is 0. The van der Waals surface area contributed by atoms with Crippen LogP contribution in [0.5, 0.6) is 0 Å². The van der Waals surface area contributed by atoms with Gasteiger partial charge in [0, 0.05) is 10.6 Å². The third-order valence-electron chi connectivity index (χ3n) is 4.90. The van der Waals surface area contributed by atoms with Gasteiger partial charge >= 0.3 is 11.9 Å². The molecule has 0 spiro atoms. The van der Waals surface area contributed by atoms with E-state index in [1.54, 1.807) is 24.3 Å². The largest absolute Gasteiger partial charge is 0.481 e. The second-order valence-electron chi connectivity index (χ2n) is 6.79. The molecule has 9 heteroatoms. The molecule has 144 valence electrons. The number of benzene rings is 1. The fourth-order valence-electron chi connectivity index (χ4n) is 3.61. The van der Waals surface area contributed by atoms with E-state index >= 15 is 0 Å². The third-order valence-corrected chi connectivity index (χ3v) is 5.23. The van der Waals surface area contributed by atoms with Crippen LogP contribution in [0.2, 0.25) is 5.02 Å². The Morgan fingerprint density at radius 1 is 1.33 bits per heavy atom. The molecule has 3 N–H and O–H groups in total. The first-order valence-corrected chi connectivity index (χ1v) is 8.78. The van der Waals surface area contributed by atoms with Crippen LogP contribution in [0.25, 0.3) is 0 Å². The Labute approximate surface area is 159 Å². The molecule has 3 atom stereocenters. The van der Waals surface area contributed by atoms with Gasteiger partial charge in [-0.05, 0) is 25.3 Å². The molecule has 1 heterocycles. The molecule has 0 amide bonds. The zero-order chi connectivity index (χ0) is 19.8. The van der Waals surface area contributed by atoms with E-state index in [0.717, 1.165) is 0 Å². The molecule has 3 unspecified atom stereocenters. The second kappa shape index (κ2) is 6.94. The Morgan fingerprint density at radius 3 is 2.67 bits per heavy atom. The van der Waals surface area contributed by atoms with Crippen LogP contribution in [0.4, 0.5) is 0 Å². The van der Waals surface area contributed by atoms with E-state index in [2.05, 4.69) is 4.99 Å². The van der Waals surface area contributed by atoms with Crippen LogP contribution < -0.4 is 0 Å². The summed E-state index contributed by atoms with van der Waals surface area (Å²) in [4.78, 5) is 39.7. The van der Waals surface area contributed by atoms with Gasteiger partial charge in [0.1, 0.15) is 0 Å². The molecule has 1 aliphatic heterocycles. The van der Waals surface area contributed by atoms with Crippen LogP contribution in [0.15, 0.2) is 29.3 Å². The number of aliphatic hydroxyl groups is 1. The van der Waals surface area contributed by atoms with Gasteiger partial charge in [0.05, 0.1) is 12.8 Å². The molecule has 1 aromatic carbocycles. The minimum absolute atomic E-state index is 0.162. The van der Waals surface area contributed by atoms with Crippen molar-refractivity contribution < 1.29 is 34.4 Å². The number of carbonyl (C=O) groups is 3. The smallest absolute Gasteiger partial charge is 0.336 e. The lowest BCUT2D eigenvalue weighted by Gasteiger charge is -2.42. The summed E-state index contributed by atoms with van der Waals surface area (Å²) in [5, 5.41) is 28.8. The molecule has 2 aliphatic rings. The van der Waals surface area contributed by atoms with Gasteiger partial charge in [-0.15, -0.1) is 0 Å². The molecule has 1 saturated carbocycles. The molecule has 1 aliphatic carbocycles. The Balaban J connectivity index is 2.06. The average Bonchev–Trinajstić information content (AvgIpc) is 2.56. The van der Waals surface area contributed by atoms with Gasteiger partial charge in [0.15, 0.2) is 23.1 Å². The number of aliphatic imine (C=N–C) groups is 1. The molecule has 1 aromatic rings. The number of Topliss-reactive ketones (excluding diaryl/α,β-unsaturated/α-hetero) is 1. The quantitative estimate of drug-likeness (QED) is 0.668. The monoisotopic (exact) mass is 395 g/mol. The van der Waals surface area contributed by atoms with E-state index in [9.17, 15) is 24.6 Å². The number of carboxylic acid groups (broad SMARTS) is 2. The van der Waals surface area contributed by atoms with E-state index in [-0.39, 0.29) is 11.7 Å². The van der Waals surface area contributed by atoms with Gasteiger partial charge in [0.2, 0.25) is 5.78 Å². The first-order chi connectivity index (χ1) is 12.7. The van der Waals surface area contributed by atoms with Crippen molar-refractivity contribution in [3.63, 3.8) is 0 Å². The molecule has 3 rings (SSSR count). The number of rotatable bonds is 6. The fourth-order valence-corrected chi connectivity index (χ4v) is 3.90. The highest BCUT2D eigenvalue weighted by atomic mass is 35.5. The van der Waals surface area contributed by atoms with Crippen LogP contribution in [0.3, 0.4) is 0 Å². The minimum atomic E-state index is -2.60. The van der Waals surface area contributed by atoms with Gasteiger partial charge in [-0.1, -0.05) is 29.8 Å². The lowest BCUT2D eigenvalue weighted by atomic mass is 9.73. The maximum absolute atomic E-state index is 12.9. The summed E-state index contributed by atoms with van der Waals surface area (Å²) in [6, 6.07) is 6.74. The molecule has 2 bridgehead atoms. The van der Waals surface area contributed by atoms with Crippen molar-refractivity contribution in [2.75, 3.05) is 0 Å². The average molecular weight is 396 g/mol. The molecule has 27 heavy (non-hydrogen) atoms. The van der Waals surface area contributed by atoms with Crippen molar-refractivity contribution in [1.29, 1.82) is 0 Å². The highest BCUT2D eigenvalue weighted by Gasteiger charge is 2.53. The molecular weight excluding hydrogens is 378 g/mol. The normalized spacial score (nSPS) is 26.5. The lowest BCUT2D eigenvalue weighted by Crippen LogP contribution is -2.53. The predicted octanol–water partition coefficient (Wildman–Crippen LogP) is 1.77. The number of nitrogens with zero attached hydrogens (tertiary/aromatic N) is 1. The van der Waals surface area contributed by atoms with Crippen LogP contribution in [0.1, 0.15) is 37.7 Å². The summed E-state index contributed by atoms with van der Waals surface area (Å²) >= 11 is 6.28. The number of aliphatic carboxylic acids is 2. The SMILES string of the molecule is O=C(O)CC(O)(CC1=NC2(c3ccccc3Cl)CCCC(O1)C2=O)C(=O)O. The molecular formula is C18H18ClNO7.